The molecule has 6 heteroatoms. The molecule has 122 valence electrons. The third kappa shape index (κ3) is 7.62. The largest absolute Gasteiger partial charge is 0.341 e. The summed E-state index contributed by atoms with van der Waals surface area (Å²) in [5.74, 6) is 0.140. The predicted molar refractivity (Wildman–Crippen MR) is 85.5 cm³/mol. The van der Waals surface area contributed by atoms with Crippen molar-refractivity contribution in [1.29, 1.82) is 0 Å². The van der Waals surface area contributed by atoms with Crippen molar-refractivity contribution in [3.63, 3.8) is 0 Å². The molecule has 1 aliphatic carbocycles. The molecule has 0 bridgehead atoms. The molecule has 0 saturated carbocycles. The van der Waals surface area contributed by atoms with E-state index in [1.54, 1.807) is 4.90 Å². The summed E-state index contributed by atoms with van der Waals surface area (Å²) in [5.41, 5.74) is 1.43. The van der Waals surface area contributed by atoms with Crippen LogP contribution in [-0.2, 0) is 14.8 Å². The number of allylic oxidation sites excluding steroid dienone is 1. The first-order valence-corrected chi connectivity index (χ1v) is 9.50. The first kappa shape index (κ1) is 18.2. The van der Waals surface area contributed by atoms with Crippen LogP contribution in [0.5, 0.6) is 0 Å². The van der Waals surface area contributed by atoms with Crippen LogP contribution in [0.4, 0.5) is 0 Å². The number of hydrogen-bond donors (Lipinski definition) is 1. The van der Waals surface area contributed by atoms with Gasteiger partial charge in [0.05, 0.1) is 5.75 Å². The molecule has 1 rings (SSSR count). The van der Waals surface area contributed by atoms with E-state index < -0.39 is 10.0 Å². The summed E-state index contributed by atoms with van der Waals surface area (Å²) in [6, 6.07) is 0. The van der Waals surface area contributed by atoms with Gasteiger partial charge in [-0.3, -0.25) is 4.79 Å². The summed E-state index contributed by atoms with van der Waals surface area (Å²) >= 11 is 0. The Bertz CT molecular complexity index is 458. The van der Waals surface area contributed by atoms with Crippen molar-refractivity contribution in [2.75, 3.05) is 25.4 Å². The van der Waals surface area contributed by atoms with Crippen LogP contribution in [-0.4, -0.2) is 44.6 Å². The van der Waals surface area contributed by atoms with E-state index in [1.807, 2.05) is 6.92 Å². The zero-order valence-corrected chi connectivity index (χ0v) is 14.0. The molecule has 0 radical (unpaired) electrons. The molecule has 5 nitrogen and oxygen atoms in total. The fourth-order valence-electron chi connectivity index (χ4n) is 2.51. The minimum Gasteiger partial charge on any atom is -0.341 e. The van der Waals surface area contributed by atoms with Crippen LogP contribution in [0.2, 0.25) is 0 Å². The van der Waals surface area contributed by atoms with Gasteiger partial charge in [0, 0.05) is 26.6 Å². The number of hydrogen-bond acceptors (Lipinski definition) is 3. The number of rotatable bonds is 9. The maximum Gasteiger partial charge on any atom is 0.219 e. The number of carbonyl (C=O) groups is 1. The van der Waals surface area contributed by atoms with Crippen LogP contribution in [0.25, 0.3) is 0 Å². The van der Waals surface area contributed by atoms with E-state index in [4.69, 9.17) is 0 Å². The molecular formula is C15H28N2O3S. The molecule has 0 aromatic heterocycles. The Morgan fingerprint density at radius 3 is 2.67 bits per heavy atom. The molecule has 1 aliphatic rings. The third-order valence-electron chi connectivity index (χ3n) is 3.71. The highest BCUT2D eigenvalue weighted by Crippen LogP contribution is 2.20. The van der Waals surface area contributed by atoms with E-state index in [9.17, 15) is 13.2 Å². The topological polar surface area (TPSA) is 66.5 Å². The minimum absolute atomic E-state index is 0.00102. The molecule has 1 N–H and O–H groups in total. The minimum atomic E-state index is -3.19. The Balaban J connectivity index is 2.36. The van der Waals surface area contributed by atoms with Crippen LogP contribution in [0.1, 0.15) is 52.4 Å². The van der Waals surface area contributed by atoms with Gasteiger partial charge in [-0.05, 0) is 38.5 Å². The van der Waals surface area contributed by atoms with Gasteiger partial charge in [-0.25, -0.2) is 13.1 Å². The lowest BCUT2D eigenvalue weighted by atomic mass is 9.97. The maximum absolute atomic E-state index is 11.6. The molecule has 0 spiro atoms. The Kier molecular flexibility index (Phi) is 7.96. The molecule has 0 aliphatic heterocycles. The van der Waals surface area contributed by atoms with Gasteiger partial charge in [-0.15, -0.1) is 0 Å². The second-order valence-electron chi connectivity index (χ2n) is 5.58. The number of nitrogens with zero attached hydrogens (tertiary/aromatic N) is 1. The van der Waals surface area contributed by atoms with Crippen LogP contribution in [0.15, 0.2) is 11.6 Å². The molecule has 0 atom stereocenters. The van der Waals surface area contributed by atoms with Gasteiger partial charge in [-0.2, -0.15) is 0 Å². The highest BCUT2D eigenvalue weighted by Gasteiger charge is 2.13. The zero-order valence-electron chi connectivity index (χ0n) is 13.2. The van der Waals surface area contributed by atoms with E-state index in [2.05, 4.69) is 10.8 Å². The van der Waals surface area contributed by atoms with Gasteiger partial charge in [-0.1, -0.05) is 18.6 Å². The van der Waals surface area contributed by atoms with Crippen molar-refractivity contribution in [1.82, 2.24) is 9.62 Å². The molecule has 0 fully saturated rings. The Morgan fingerprint density at radius 2 is 2.10 bits per heavy atom. The summed E-state index contributed by atoms with van der Waals surface area (Å²) in [6.07, 6.45) is 8.57. The van der Waals surface area contributed by atoms with Gasteiger partial charge in [0.15, 0.2) is 0 Å². The zero-order chi connectivity index (χ0) is 15.7. The van der Waals surface area contributed by atoms with Gasteiger partial charge in [0.25, 0.3) is 0 Å². The van der Waals surface area contributed by atoms with Gasteiger partial charge in [0.1, 0.15) is 0 Å². The smallest absolute Gasteiger partial charge is 0.219 e. The van der Waals surface area contributed by atoms with Gasteiger partial charge >= 0.3 is 0 Å². The fourth-order valence-corrected chi connectivity index (χ4v) is 3.60. The fraction of sp³-hybridized carbons (Fsp3) is 0.800. The van der Waals surface area contributed by atoms with Crippen LogP contribution in [0.3, 0.4) is 0 Å². The molecule has 0 unspecified atom stereocenters. The van der Waals surface area contributed by atoms with Crippen LogP contribution < -0.4 is 4.72 Å². The highest BCUT2D eigenvalue weighted by molar-refractivity contribution is 7.89. The SMILES string of the molecule is CCCS(=O)(=O)NCCN(CCC1=CCCCC1)C(C)=O. The molecule has 1 amide bonds. The van der Waals surface area contributed by atoms with E-state index in [1.165, 1.54) is 25.3 Å². The highest BCUT2D eigenvalue weighted by atomic mass is 32.2. The van der Waals surface area contributed by atoms with Crippen LogP contribution >= 0.6 is 0 Å². The lowest BCUT2D eigenvalue weighted by Crippen LogP contribution is -2.38. The third-order valence-corrected chi connectivity index (χ3v) is 5.30. The second kappa shape index (κ2) is 9.20. The van der Waals surface area contributed by atoms with Crippen molar-refractivity contribution in [3.05, 3.63) is 11.6 Å². The van der Waals surface area contributed by atoms with E-state index >= 15 is 0 Å². The van der Waals surface area contributed by atoms with Crippen molar-refractivity contribution in [2.45, 2.75) is 52.4 Å². The summed E-state index contributed by atoms with van der Waals surface area (Å²) in [6.45, 7) is 4.78. The van der Waals surface area contributed by atoms with E-state index in [-0.39, 0.29) is 11.7 Å². The summed E-state index contributed by atoms with van der Waals surface area (Å²) < 4.78 is 25.7. The molecule has 0 saturated heterocycles. The molecule has 0 aromatic carbocycles. The van der Waals surface area contributed by atoms with E-state index in [0.717, 1.165) is 19.3 Å². The molecule has 0 aromatic rings. The number of sulfonamides is 1. The first-order valence-electron chi connectivity index (χ1n) is 7.85. The summed E-state index contributed by atoms with van der Waals surface area (Å²) in [5, 5.41) is 0. The van der Waals surface area contributed by atoms with Gasteiger partial charge in [0.2, 0.25) is 15.9 Å². The number of amides is 1. The van der Waals surface area contributed by atoms with Crippen LogP contribution in [0, 0.1) is 0 Å². The normalized spacial score (nSPS) is 15.6. The summed E-state index contributed by atoms with van der Waals surface area (Å²) in [4.78, 5) is 13.4. The lowest BCUT2D eigenvalue weighted by Gasteiger charge is -2.23. The number of nitrogens with one attached hydrogen (secondary N) is 1. The molecular weight excluding hydrogens is 288 g/mol. The quantitative estimate of drug-likeness (QED) is 0.662. The lowest BCUT2D eigenvalue weighted by molar-refractivity contribution is -0.128. The Morgan fingerprint density at radius 1 is 1.33 bits per heavy atom. The Labute approximate surface area is 128 Å². The van der Waals surface area contributed by atoms with Crippen molar-refractivity contribution in [3.8, 4) is 0 Å². The van der Waals surface area contributed by atoms with Crippen molar-refractivity contribution >= 4 is 15.9 Å². The second-order valence-corrected chi connectivity index (χ2v) is 7.50. The maximum atomic E-state index is 11.6. The van der Waals surface area contributed by atoms with Gasteiger partial charge < -0.3 is 4.90 Å². The number of carbonyl (C=O) groups excluding carboxylic acids is 1. The first-order chi connectivity index (χ1) is 9.94. The van der Waals surface area contributed by atoms with Crippen molar-refractivity contribution in [2.24, 2.45) is 0 Å². The summed E-state index contributed by atoms with van der Waals surface area (Å²) in [7, 11) is -3.19. The van der Waals surface area contributed by atoms with Crippen molar-refractivity contribution < 1.29 is 13.2 Å². The average Bonchev–Trinajstić information content (AvgIpc) is 2.43. The molecule has 0 heterocycles. The van der Waals surface area contributed by atoms with E-state index in [0.29, 0.717) is 26.1 Å². The average molecular weight is 316 g/mol. The monoisotopic (exact) mass is 316 g/mol. The molecule has 21 heavy (non-hydrogen) atoms. The standard InChI is InChI=1S/C15H28N2O3S/c1-3-13-21(19,20)16-10-12-17(14(2)18)11-9-15-7-5-4-6-8-15/h7,16H,3-6,8-13H2,1-2H3. The predicted octanol–water partition coefficient (Wildman–Crippen LogP) is 2.05. The Hall–Kier alpha value is -0.880.